The van der Waals surface area contributed by atoms with Gasteiger partial charge in [0.25, 0.3) is 0 Å². The van der Waals surface area contributed by atoms with Gasteiger partial charge in [-0.1, -0.05) is 29.8 Å². The van der Waals surface area contributed by atoms with Crippen LogP contribution in [0.25, 0.3) is 0 Å². The van der Waals surface area contributed by atoms with Gasteiger partial charge in [-0.05, 0) is 55.7 Å². The summed E-state index contributed by atoms with van der Waals surface area (Å²) in [5.74, 6) is -0.0148. The van der Waals surface area contributed by atoms with Crippen LogP contribution in [0.2, 0.25) is 5.02 Å². The van der Waals surface area contributed by atoms with E-state index in [4.69, 9.17) is 11.6 Å². The molecule has 0 aliphatic carbocycles. The van der Waals surface area contributed by atoms with E-state index < -0.39 is 0 Å². The number of halogens is 1. The van der Waals surface area contributed by atoms with Crippen LogP contribution in [0.1, 0.15) is 23.1 Å². The summed E-state index contributed by atoms with van der Waals surface area (Å²) in [5.41, 5.74) is 5.07. The Bertz CT molecular complexity index is 660. The molecule has 0 unspecified atom stereocenters. The molecule has 2 rings (SSSR count). The van der Waals surface area contributed by atoms with Crippen LogP contribution in [0.15, 0.2) is 36.4 Å². The molecule has 0 heterocycles. The number of amides is 1. The van der Waals surface area contributed by atoms with Crippen molar-refractivity contribution in [1.82, 2.24) is 0 Å². The lowest BCUT2D eigenvalue weighted by molar-refractivity contribution is -0.115. The molecule has 22 heavy (non-hydrogen) atoms. The Morgan fingerprint density at radius 3 is 2.55 bits per heavy atom. The van der Waals surface area contributed by atoms with Crippen molar-refractivity contribution in [1.29, 1.82) is 0 Å². The van der Waals surface area contributed by atoms with Crippen molar-refractivity contribution >= 4 is 28.9 Å². The van der Waals surface area contributed by atoms with E-state index in [0.717, 1.165) is 28.1 Å². The zero-order valence-electron chi connectivity index (χ0n) is 13.2. The number of aryl methyl sites for hydroxylation is 3. The quantitative estimate of drug-likeness (QED) is 0.839. The van der Waals surface area contributed by atoms with Gasteiger partial charge in [-0.25, -0.2) is 0 Å². The molecule has 0 spiro atoms. The molecule has 116 valence electrons. The minimum atomic E-state index is -0.0148. The number of carbonyl (C=O) groups excluding carboxylic acids is 1. The molecule has 4 heteroatoms. The van der Waals surface area contributed by atoms with Crippen molar-refractivity contribution in [3.63, 3.8) is 0 Å². The molecule has 0 bridgehead atoms. The van der Waals surface area contributed by atoms with E-state index in [9.17, 15) is 4.79 Å². The van der Waals surface area contributed by atoms with Gasteiger partial charge in [-0.2, -0.15) is 0 Å². The van der Waals surface area contributed by atoms with E-state index in [1.54, 1.807) is 0 Å². The molecule has 0 saturated heterocycles. The second kappa shape index (κ2) is 7.32. The summed E-state index contributed by atoms with van der Waals surface area (Å²) < 4.78 is 0. The first kappa shape index (κ1) is 16.4. The summed E-state index contributed by atoms with van der Waals surface area (Å²) in [6.07, 6.45) is 0.386. The predicted molar refractivity (Wildman–Crippen MR) is 93.8 cm³/mol. The lowest BCUT2D eigenvalue weighted by Crippen LogP contribution is -2.16. The Hall–Kier alpha value is -2.00. The number of nitrogens with one attached hydrogen (secondary N) is 2. The molecule has 2 N–H and O–H groups in total. The van der Waals surface area contributed by atoms with Crippen LogP contribution in [-0.2, 0) is 4.79 Å². The molecule has 3 nitrogen and oxygen atoms in total. The summed E-state index contributed by atoms with van der Waals surface area (Å²) in [4.78, 5) is 12.0. The van der Waals surface area contributed by atoms with Crippen LogP contribution in [-0.4, -0.2) is 12.5 Å². The molecule has 2 aromatic carbocycles. The first-order valence-corrected chi connectivity index (χ1v) is 7.70. The fourth-order valence-electron chi connectivity index (χ4n) is 2.39. The maximum absolute atomic E-state index is 12.0. The van der Waals surface area contributed by atoms with Crippen LogP contribution in [0, 0.1) is 20.8 Å². The highest BCUT2D eigenvalue weighted by atomic mass is 35.5. The lowest BCUT2D eigenvalue weighted by Gasteiger charge is -2.12. The fraction of sp³-hybridized carbons (Fsp3) is 0.278. The van der Waals surface area contributed by atoms with E-state index in [1.165, 1.54) is 0 Å². The summed E-state index contributed by atoms with van der Waals surface area (Å²) in [7, 11) is 0. The van der Waals surface area contributed by atoms with Crippen molar-refractivity contribution in [2.45, 2.75) is 27.2 Å². The Kier molecular flexibility index (Phi) is 5.45. The number of rotatable bonds is 5. The van der Waals surface area contributed by atoms with Crippen LogP contribution in [0.4, 0.5) is 11.4 Å². The third-order valence-corrected chi connectivity index (χ3v) is 3.69. The highest BCUT2D eigenvalue weighted by molar-refractivity contribution is 6.33. The van der Waals surface area contributed by atoms with E-state index in [-0.39, 0.29) is 5.91 Å². The topological polar surface area (TPSA) is 41.1 Å². The highest BCUT2D eigenvalue weighted by Crippen LogP contribution is 2.27. The van der Waals surface area contributed by atoms with E-state index >= 15 is 0 Å². The summed E-state index contributed by atoms with van der Waals surface area (Å²) in [6, 6.07) is 11.8. The molecule has 0 aromatic heterocycles. The maximum Gasteiger partial charge on any atom is 0.226 e. The molecule has 0 fully saturated rings. The van der Waals surface area contributed by atoms with Gasteiger partial charge >= 0.3 is 0 Å². The van der Waals surface area contributed by atoms with Crippen molar-refractivity contribution in [3.8, 4) is 0 Å². The standard InChI is InChI=1S/C18H21ClN2O/c1-12-5-4-6-15(10-12)21-17(22)7-8-20-18-14(3)9-13(2)11-16(18)19/h4-6,9-11,20H,7-8H2,1-3H3,(H,21,22). The summed E-state index contributed by atoms with van der Waals surface area (Å²) >= 11 is 6.23. The minimum Gasteiger partial charge on any atom is -0.383 e. The second-order valence-electron chi connectivity index (χ2n) is 5.53. The van der Waals surface area contributed by atoms with E-state index in [1.807, 2.05) is 51.1 Å². The Balaban J connectivity index is 1.87. The Morgan fingerprint density at radius 2 is 1.86 bits per heavy atom. The Labute approximate surface area is 136 Å². The first-order chi connectivity index (χ1) is 10.5. The average Bonchev–Trinajstić information content (AvgIpc) is 2.41. The zero-order chi connectivity index (χ0) is 16.1. The largest absolute Gasteiger partial charge is 0.383 e. The van der Waals surface area contributed by atoms with E-state index in [2.05, 4.69) is 16.7 Å². The number of hydrogen-bond donors (Lipinski definition) is 2. The van der Waals surface area contributed by atoms with Gasteiger partial charge in [-0.15, -0.1) is 0 Å². The van der Waals surface area contributed by atoms with Crippen LogP contribution >= 0.6 is 11.6 Å². The van der Waals surface area contributed by atoms with Crippen LogP contribution in [0.5, 0.6) is 0 Å². The summed E-state index contributed by atoms with van der Waals surface area (Å²) in [6.45, 7) is 6.56. The highest BCUT2D eigenvalue weighted by Gasteiger charge is 2.07. The predicted octanol–water partition coefficient (Wildman–Crippen LogP) is 4.71. The third-order valence-electron chi connectivity index (χ3n) is 3.39. The van der Waals surface area contributed by atoms with E-state index in [0.29, 0.717) is 18.0 Å². The van der Waals surface area contributed by atoms with Gasteiger partial charge < -0.3 is 10.6 Å². The molecule has 0 aliphatic heterocycles. The molecule has 0 aliphatic rings. The van der Waals surface area contributed by atoms with Gasteiger partial charge in [-0.3, -0.25) is 4.79 Å². The van der Waals surface area contributed by atoms with Crippen molar-refractivity contribution in [3.05, 3.63) is 58.1 Å². The molecular weight excluding hydrogens is 296 g/mol. The molecule has 0 radical (unpaired) electrons. The van der Waals surface area contributed by atoms with Crippen LogP contribution < -0.4 is 10.6 Å². The van der Waals surface area contributed by atoms with Gasteiger partial charge in [0.15, 0.2) is 0 Å². The fourth-order valence-corrected chi connectivity index (χ4v) is 2.77. The van der Waals surface area contributed by atoms with Gasteiger partial charge in [0.05, 0.1) is 10.7 Å². The van der Waals surface area contributed by atoms with Gasteiger partial charge in [0, 0.05) is 18.7 Å². The number of hydrogen-bond acceptors (Lipinski definition) is 2. The first-order valence-electron chi connectivity index (χ1n) is 7.33. The third kappa shape index (κ3) is 4.50. The maximum atomic E-state index is 12.0. The molecule has 0 saturated carbocycles. The normalized spacial score (nSPS) is 10.4. The van der Waals surface area contributed by atoms with Gasteiger partial charge in [0.2, 0.25) is 5.91 Å². The number of anilines is 2. The summed E-state index contributed by atoms with van der Waals surface area (Å²) in [5, 5.41) is 6.83. The lowest BCUT2D eigenvalue weighted by atomic mass is 10.1. The molecule has 1 amide bonds. The minimum absolute atomic E-state index is 0.0148. The van der Waals surface area contributed by atoms with Gasteiger partial charge in [0.1, 0.15) is 0 Å². The molecule has 0 atom stereocenters. The average molecular weight is 317 g/mol. The zero-order valence-corrected chi connectivity index (χ0v) is 13.9. The SMILES string of the molecule is Cc1cccc(NC(=O)CCNc2c(C)cc(C)cc2Cl)c1. The second-order valence-corrected chi connectivity index (χ2v) is 5.94. The Morgan fingerprint density at radius 1 is 1.09 bits per heavy atom. The smallest absolute Gasteiger partial charge is 0.226 e. The number of carbonyl (C=O) groups is 1. The monoisotopic (exact) mass is 316 g/mol. The number of benzene rings is 2. The van der Waals surface area contributed by atoms with Crippen molar-refractivity contribution in [2.75, 3.05) is 17.2 Å². The van der Waals surface area contributed by atoms with Crippen LogP contribution in [0.3, 0.4) is 0 Å². The van der Waals surface area contributed by atoms with Crippen molar-refractivity contribution < 1.29 is 4.79 Å². The molecule has 2 aromatic rings. The molecular formula is C18H21ClN2O. The van der Waals surface area contributed by atoms with Crippen molar-refractivity contribution in [2.24, 2.45) is 0 Å².